The van der Waals surface area contributed by atoms with Crippen molar-refractivity contribution in [3.63, 3.8) is 0 Å². The zero-order valence-corrected chi connectivity index (χ0v) is 11.1. The van der Waals surface area contributed by atoms with Crippen molar-refractivity contribution in [2.75, 3.05) is 19.8 Å². The van der Waals surface area contributed by atoms with Gasteiger partial charge < -0.3 is 14.7 Å². The molecule has 1 fully saturated rings. The SMILES string of the molecule is O=C(COc1ccc(F)cc1Cl)N1CCCC1CO. The molecule has 0 aliphatic carbocycles. The van der Waals surface area contributed by atoms with Crippen LogP contribution < -0.4 is 4.74 Å². The fourth-order valence-corrected chi connectivity index (χ4v) is 2.39. The van der Waals surface area contributed by atoms with Gasteiger partial charge in [-0.15, -0.1) is 0 Å². The predicted octanol–water partition coefficient (Wildman–Crippen LogP) is 1.84. The van der Waals surface area contributed by atoms with Crippen LogP contribution >= 0.6 is 11.6 Å². The van der Waals surface area contributed by atoms with E-state index in [2.05, 4.69) is 0 Å². The lowest BCUT2D eigenvalue weighted by Gasteiger charge is -2.23. The highest BCUT2D eigenvalue weighted by Gasteiger charge is 2.28. The van der Waals surface area contributed by atoms with Crippen LogP contribution in [-0.4, -0.2) is 41.7 Å². The number of amides is 1. The Balaban J connectivity index is 1.93. The molecule has 0 spiro atoms. The molecule has 0 bridgehead atoms. The van der Waals surface area contributed by atoms with Gasteiger partial charge >= 0.3 is 0 Å². The Bertz CT molecular complexity index is 469. The third-order valence-corrected chi connectivity index (χ3v) is 3.45. The number of rotatable bonds is 4. The standard InChI is InChI=1S/C13H15ClFNO3/c14-11-6-9(15)3-4-12(11)19-8-13(18)16-5-1-2-10(16)7-17/h3-4,6,10,17H,1-2,5,7-8H2. The Hall–Kier alpha value is -1.33. The minimum Gasteiger partial charge on any atom is -0.482 e. The van der Waals surface area contributed by atoms with Crippen molar-refractivity contribution in [1.29, 1.82) is 0 Å². The van der Waals surface area contributed by atoms with E-state index in [9.17, 15) is 9.18 Å². The van der Waals surface area contributed by atoms with Gasteiger partial charge in [-0.3, -0.25) is 4.79 Å². The van der Waals surface area contributed by atoms with Crippen molar-refractivity contribution in [2.45, 2.75) is 18.9 Å². The molecule has 1 aliphatic heterocycles. The average Bonchev–Trinajstić information content (AvgIpc) is 2.85. The molecule has 0 aromatic heterocycles. The van der Waals surface area contributed by atoms with Gasteiger partial charge in [0.1, 0.15) is 11.6 Å². The third kappa shape index (κ3) is 3.36. The van der Waals surface area contributed by atoms with Crippen LogP contribution in [0.4, 0.5) is 4.39 Å². The van der Waals surface area contributed by atoms with Gasteiger partial charge in [-0.2, -0.15) is 0 Å². The summed E-state index contributed by atoms with van der Waals surface area (Å²) in [5.41, 5.74) is 0. The summed E-state index contributed by atoms with van der Waals surface area (Å²) in [7, 11) is 0. The van der Waals surface area contributed by atoms with E-state index in [1.807, 2.05) is 0 Å². The van der Waals surface area contributed by atoms with Gasteiger partial charge in [-0.05, 0) is 31.0 Å². The van der Waals surface area contributed by atoms with Gasteiger partial charge in [-0.1, -0.05) is 11.6 Å². The van der Waals surface area contributed by atoms with Crippen LogP contribution in [0.15, 0.2) is 18.2 Å². The maximum atomic E-state index is 12.8. The Labute approximate surface area is 115 Å². The van der Waals surface area contributed by atoms with Crippen molar-refractivity contribution in [2.24, 2.45) is 0 Å². The van der Waals surface area contributed by atoms with E-state index in [1.54, 1.807) is 4.90 Å². The first kappa shape index (κ1) is 14.1. The van der Waals surface area contributed by atoms with Crippen LogP contribution in [0.25, 0.3) is 0 Å². The number of benzene rings is 1. The summed E-state index contributed by atoms with van der Waals surface area (Å²) in [6.45, 7) is 0.426. The van der Waals surface area contributed by atoms with Crippen molar-refractivity contribution in [3.05, 3.63) is 29.0 Å². The van der Waals surface area contributed by atoms with Crippen molar-refractivity contribution >= 4 is 17.5 Å². The van der Waals surface area contributed by atoms with Crippen LogP contribution in [0.3, 0.4) is 0 Å². The molecule has 1 aromatic carbocycles. The number of hydrogen-bond acceptors (Lipinski definition) is 3. The van der Waals surface area contributed by atoms with E-state index in [4.69, 9.17) is 21.4 Å². The number of carbonyl (C=O) groups is 1. The molecule has 4 nitrogen and oxygen atoms in total. The Morgan fingerprint density at radius 2 is 2.37 bits per heavy atom. The largest absolute Gasteiger partial charge is 0.482 e. The Morgan fingerprint density at radius 1 is 1.58 bits per heavy atom. The number of ether oxygens (including phenoxy) is 1. The molecular weight excluding hydrogens is 273 g/mol. The molecule has 2 rings (SSSR count). The lowest BCUT2D eigenvalue weighted by molar-refractivity contribution is -0.134. The topological polar surface area (TPSA) is 49.8 Å². The minimum absolute atomic E-state index is 0.0386. The van der Waals surface area contributed by atoms with Gasteiger partial charge in [-0.25, -0.2) is 4.39 Å². The first-order chi connectivity index (χ1) is 9.11. The number of carbonyl (C=O) groups excluding carboxylic acids is 1. The molecule has 6 heteroatoms. The molecular formula is C13H15ClFNO3. The van der Waals surface area contributed by atoms with Gasteiger partial charge in [0.15, 0.2) is 6.61 Å². The maximum absolute atomic E-state index is 12.8. The molecule has 1 amide bonds. The van der Waals surface area contributed by atoms with Crippen LogP contribution in [-0.2, 0) is 4.79 Å². The second-order valence-electron chi connectivity index (χ2n) is 4.43. The number of nitrogens with zero attached hydrogens (tertiary/aromatic N) is 1. The number of aliphatic hydroxyl groups is 1. The summed E-state index contributed by atoms with van der Waals surface area (Å²) in [5.74, 6) is -0.378. The van der Waals surface area contributed by atoms with E-state index in [0.717, 1.165) is 18.9 Å². The Morgan fingerprint density at radius 3 is 3.05 bits per heavy atom. The van der Waals surface area contributed by atoms with Crippen LogP contribution in [0, 0.1) is 5.82 Å². The second kappa shape index (κ2) is 6.21. The summed E-state index contributed by atoms with van der Waals surface area (Å²) in [6, 6.07) is 3.62. The predicted molar refractivity (Wildman–Crippen MR) is 68.7 cm³/mol. The lowest BCUT2D eigenvalue weighted by atomic mass is 10.2. The highest BCUT2D eigenvalue weighted by Crippen LogP contribution is 2.25. The molecule has 0 saturated carbocycles. The zero-order valence-electron chi connectivity index (χ0n) is 10.3. The monoisotopic (exact) mass is 287 g/mol. The molecule has 0 radical (unpaired) electrons. The van der Waals surface area contributed by atoms with Crippen LogP contribution in [0.2, 0.25) is 5.02 Å². The first-order valence-corrected chi connectivity index (χ1v) is 6.48. The van der Waals surface area contributed by atoms with Crippen molar-refractivity contribution < 1.29 is 19.0 Å². The maximum Gasteiger partial charge on any atom is 0.260 e. The summed E-state index contributed by atoms with van der Waals surface area (Å²) in [4.78, 5) is 13.5. The number of halogens is 2. The fourth-order valence-electron chi connectivity index (χ4n) is 2.17. The van der Waals surface area contributed by atoms with E-state index in [0.29, 0.717) is 6.54 Å². The summed E-state index contributed by atoms with van der Waals surface area (Å²) in [6.07, 6.45) is 1.69. The third-order valence-electron chi connectivity index (χ3n) is 3.15. The number of likely N-dealkylation sites (tertiary alicyclic amines) is 1. The molecule has 1 saturated heterocycles. The van der Waals surface area contributed by atoms with Crippen molar-refractivity contribution in [1.82, 2.24) is 4.90 Å². The van der Waals surface area contributed by atoms with E-state index < -0.39 is 5.82 Å². The van der Waals surface area contributed by atoms with Gasteiger partial charge in [0.2, 0.25) is 0 Å². The average molecular weight is 288 g/mol. The number of aliphatic hydroxyl groups excluding tert-OH is 1. The van der Waals surface area contributed by atoms with E-state index in [-0.39, 0.29) is 35.9 Å². The van der Waals surface area contributed by atoms with Crippen LogP contribution in [0.5, 0.6) is 5.75 Å². The van der Waals surface area contributed by atoms with Crippen LogP contribution in [0.1, 0.15) is 12.8 Å². The molecule has 1 heterocycles. The summed E-state index contributed by atoms with van der Waals surface area (Å²) >= 11 is 5.80. The second-order valence-corrected chi connectivity index (χ2v) is 4.84. The lowest BCUT2D eigenvalue weighted by Crippen LogP contribution is -2.40. The summed E-state index contributed by atoms with van der Waals surface area (Å²) in [5, 5.41) is 9.28. The van der Waals surface area contributed by atoms with E-state index in [1.165, 1.54) is 12.1 Å². The summed E-state index contributed by atoms with van der Waals surface area (Å²) < 4.78 is 18.1. The first-order valence-electron chi connectivity index (χ1n) is 6.10. The quantitative estimate of drug-likeness (QED) is 0.919. The van der Waals surface area contributed by atoms with Crippen molar-refractivity contribution in [3.8, 4) is 5.75 Å². The van der Waals surface area contributed by atoms with Gasteiger partial charge in [0.05, 0.1) is 17.7 Å². The minimum atomic E-state index is -0.455. The molecule has 19 heavy (non-hydrogen) atoms. The smallest absolute Gasteiger partial charge is 0.260 e. The molecule has 1 N–H and O–H groups in total. The highest BCUT2D eigenvalue weighted by atomic mass is 35.5. The normalized spacial score (nSPS) is 18.7. The zero-order chi connectivity index (χ0) is 13.8. The van der Waals surface area contributed by atoms with Gasteiger partial charge in [0.25, 0.3) is 5.91 Å². The molecule has 1 unspecified atom stereocenters. The molecule has 1 atom stereocenters. The molecule has 1 aromatic rings. The highest BCUT2D eigenvalue weighted by molar-refractivity contribution is 6.32. The van der Waals surface area contributed by atoms with E-state index >= 15 is 0 Å². The fraction of sp³-hybridized carbons (Fsp3) is 0.462. The molecule has 104 valence electrons. The van der Waals surface area contributed by atoms with Gasteiger partial charge in [0, 0.05) is 6.54 Å². The Kier molecular flexibility index (Phi) is 4.61. The number of hydrogen-bond donors (Lipinski definition) is 1. The molecule has 1 aliphatic rings.